The minimum absolute atomic E-state index is 0.0199. The van der Waals surface area contributed by atoms with E-state index in [4.69, 9.17) is 0 Å². The van der Waals surface area contributed by atoms with Gasteiger partial charge in [-0.05, 0) is 41.7 Å². The van der Waals surface area contributed by atoms with Crippen LogP contribution in [0.3, 0.4) is 0 Å². The summed E-state index contributed by atoms with van der Waals surface area (Å²) in [4.78, 5) is 16.7. The first-order valence-electron chi connectivity index (χ1n) is 9.53. The van der Waals surface area contributed by atoms with Gasteiger partial charge in [-0.1, -0.05) is 37.3 Å². The molecule has 1 N–H and O–H groups in total. The Balaban J connectivity index is 1.68. The molecule has 1 heterocycles. The molecule has 1 aliphatic carbocycles. The number of benzene rings is 2. The van der Waals surface area contributed by atoms with Gasteiger partial charge in [-0.2, -0.15) is 0 Å². The molecule has 4 rings (SSSR count). The maximum atomic E-state index is 14.1. The van der Waals surface area contributed by atoms with E-state index in [0.717, 1.165) is 17.7 Å². The van der Waals surface area contributed by atoms with Crippen molar-refractivity contribution >= 4 is 22.0 Å². The molecule has 0 aliphatic heterocycles. The summed E-state index contributed by atoms with van der Waals surface area (Å²) < 4.78 is 57.5. The molecule has 0 saturated carbocycles. The molecular weight excluding hydrogens is 424 g/mol. The third-order valence-corrected chi connectivity index (χ3v) is 6.58. The number of nitrogens with one attached hydrogen (secondary N) is 1. The average molecular weight is 443 g/mol. The Kier molecular flexibility index (Phi) is 5.22. The Morgan fingerprint density at radius 3 is 2.55 bits per heavy atom. The van der Waals surface area contributed by atoms with Gasteiger partial charge in [0.1, 0.15) is 23.2 Å². The van der Waals surface area contributed by atoms with E-state index in [1.54, 1.807) is 6.07 Å². The number of allylic oxidation sites excluding steroid dienone is 1. The largest absolute Gasteiger partial charge is 0.333 e. The highest BCUT2D eigenvalue weighted by Gasteiger charge is 2.28. The van der Waals surface area contributed by atoms with Crippen molar-refractivity contribution in [3.8, 4) is 11.4 Å². The van der Waals surface area contributed by atoms with Crippen LogP contribution in [0.2, 0.25) is 0 Å². The van der Waals surface area contributed by atoms with E-state index in [1.165, 1.54) is 29.9 Å². The quantitative estimate of drug-likeness (QED) is 0.661. The van der Waals surface area contributed by atoms with Crippen molar-refractivity contribution in [2.24, 2.45) is 7.05 Å². The molecule has 1 aliphatic rings. The second-order valence-electron chi connectivity index (χ2n) is 7.39. The number of hydrogen-bond acceptors (Lipinski definition) is 4. The SMILES string of the molecule is CC1CC=Cc2cccc(S(=O)(=O)NC(=O)c3cn(C)c(-c4c(F)cccc4F)n3)c21. The number of aromatic nitrogens is 2. The first-order valence-corrected chi connectivity index (χ1v) is 11.0. The lowest BCUT2D eigenvalue weighted by molar-refractivity contribution is 0.0977. The lowest BCUT2D eigenvalue weighted by Crippen LogP contribution is -2.32. The summed E-state index contributed by atoms with van der Waals surface area (Å²) in [7, 11) is -2.74. The van der Waals surface area contributed by atoms with E-state index in [-0.39, 0.29) is 22.3 Å². The highest BCUT2D eigenvalue weighted by molar-refractivity contribution is 7.90. The fourth-order valence-corrected chi connectivity index (χ4v) is 5.06. The lowest BCUT2D eigenvalue weighted by atomic mass is 9.88. The monoisotopic (exact) mass is 443 g/mol. The van der Waals surface area contributed by atoms with Crippen molar-refractivity contribution in [1.82, 2.24) is 14.3 Å². The minimum atomic E-state index is -4.20. The van der Waals surface area contributed by atoms with E-state index in [0.29, 0.717) is 12.0 Å². The molecule has 0 bridgehead atoms. The van der Waals surface area contributed by atoms with E-state index in [2.05, 4.69) is 4.98 Å². The zero-order chi connectivity index (χ0) is 22.3. The Hall–Kier alpha value is -3.33. The molecule has 1 atom stereocenters. The zero-order valence-electron chi connectivity index (χ0n) is 16.8. The number of sulfonamides is 1. The van der Waals surface area contributed by atoms with Gasteiger partial charge in [0.25, 0.3) is 15.9 Å². The Morgan fingerprint density at radius 1 is 1.16 bits per heavy atom. The van der Waals surface area contributed by atoms with Crippen LogP contribution in [-0.4, -0.2) is 23.9 Å². The Bertz CT molecular complexity index is 1310. The third kappa shape index (κ3) is 3.76. The van der Waals surface area contributed by atoms with Crippen LogP contribution in [0, 0.1) is 11.6 Å². The van der Waals surface area contributed by atoms with Crippen LogP contribution in [-0.2, 0) is 17.1 Å². The summed E-state index contributed by atoms with van der Waals surface area (Å²) >= 11 is 0. The molecule has 6 nitrogen and oxygen atoms in total. The van der Waals surface area contributed by atoms with Gasteiger partial charge in [0.2, 0.25) is 0 Å². The Morgan fingerprint density at radius 2 is 1.84 bits per heavy atom. The molecule has 31 heavy (non-hydrogen) atoms. The third-order valence-electron chi connectivity index (χ3n) is 5.19. The van der Waals surface area contributed by atoms with Crippen LogP contribution >= 0.6 is 0 Å². The van der Waals surface area contributed by atoms with Crippen molar-refractivity contribution in [3.05, 3.63) is 77.1 Å². The summed E-state index contributed by atoms with van der Waals surface area (Å²) in [6.45, 7) is 1.91. The summed E-state index contributed by atoms with van der Waals surface area (Å²) in [6, 6.07) is 8.24. The van der Waals surface area contributed by atoms with E-state index >= 15 is 0 Å². The molecule has 1 amide bonds. The predicted octanol–water partition coefficient (Wildman–Crippen LogP) is 4.00. The number of carbonyl (C=O) groups excluding carboxylic acids is 1. The van der Waals surface area contributed by atoms with Gasteiger partial charge in [0.05, 0.1) is 10.5 Å². The smallest absolute Gasteiger partial charge is 0.285 e. The van der Waals surface area contributed by atoms with Crippen molar-refractivity contribution < 1.29 is 22.0 Å². The molecule has 2 aromatic carbocycles. The number of hydrogen-bond donors (Lipinski definition) is 1. The molecule has 160 valence electrons. The van der Waals surface area contributed by atoms with Crippen LogP contribution in [0.15, 0.2) is 53.6 Å². The van der Waals surface area contributed by atoms with Crippen LogP contribution in [0.4, 0.5) is 8.78 Å². The van der Waals surface area contributed by atoms with Crippen LogP contribution in [0.25, 0.3) is 17.5 Å². The second kappa shape index (κ2) is 7.73. The summed E-state index contributed by atoms with van der Waals surface area (Å²) in [6.07, 6.45) is 5.73. The zero-order valence-corrected chi connectivity index (χ0v) is 17.6. The van der Waals surface area contributed by atoms with Gasteiger partial charge in [-0.15, -0.1) is 0 Å². The second-order valence-corrected chi connectivity index (χ2v) is 9.04. The molecule has 0 saturated heterocycles. The first kappa shape index (κ1) is 20.9. The molecule has 9 heteroatoms. The van der Waals surface area contributed by atoms with Crippen molar-refractivity contribution in [2.45, 2.75) is 24.2 Å². The number of carbonyl (C=O) groups is 1. The maximum Gasteiger partial charge on any atom is 0.285 e. The highest BCUT2D eigenvalue weighted by Crippen LogP contribution is 2.34. The lowest BCUT2D eigenvalue weighted by Gasteiger charge is -2.21. The highest BCUT2D eigenvalue weighted by atomic mass is 32.2. The molecule has 0 radical (unpaired) electrons. The number of aryl methyl sites for hydroxylation is 1. The van der Waals surface area contributed by atoms with Crippen molar-refractivity contribution in [3.63, 3.8) is 0 Å². The molecule has 1 unspecified atom stereocenters. The fraction of sp³-hybridized carbons (Fsp3) is 0.182. The van der Waals surface area contributed by atoms with E-state index in [1.807, 2.05) is 29.9 Å². The van der Waals surface area contributed by atoms with E-state index < -0.39 is 33.1 Å². The molecule has 3 aromatic rings. The van der Waals surface area contributed by atoms with E-state index in [9.17, 15) is 22.0 Å². The van der Waals surface area contributed by atoms with Crippen LogP contribution in [0.1, 0.15) is 40.9 Å². The number of rotatable bonds is 4. The van der Waals surface area contributed by atoms with Crippen LogP contribution in [0.5, 0.6) is 0 Å². The van der Waals surface area contributed by atoms with Gasteiger partial charge in [-0.25, -0.2) is 26.9 Å². The van der Waals surface area contributed by atoms with Crippen molar-refractivity contribution in [1.29, 1.82) is 0 Å². The van der Waals surface area contributed by atoms with Gasteiger partial charge < -0.3 is 4.57 Å². The topological polar surface area (TPSA) is 81.1 Å². The van der Waals surface area contributed by atoms with Crippen molar-refractivity contribution in [2.75, 3.05) is 0 Å². The number of nitrogens with zero attached hydrogens (tertiary/aromatic N) is 2. The molecule has 0 spiro atoms. The van der Waals surface area contributed by atoms with Gasteiger partial charge in [0.15, 0.2) is 0 Å². The fourth-order valence-electron chi connectivity index (χ4n) is 3.73. The number of fused-ring (bicyclic) bond motifs is 1. The standard InChI is InChI=1S/C22H19F2N3O3S/c1-13-6-3-7-14-8-4-11-18(19(13)14)31(29,30)26-22(28)17-12-27(2)21(25-17)20-15(23)9-5-10-16(20)24/h3-5,7-13H,6H2,1-2H3,(H,26,28). The summed E-state index contributed by atoms with van der Waals surface area (Å²) in [5.74, 6) is -2.84. The van der Waals surface area contributed by atoms with Gasteiger partial charge in [-0.3, -0.25) is 4.79 Å². The number of amides is 1. The summed E-state index contributed by atoms with van der Waals surface area (Å²) in [5.41, 5.74) is 0.746. The summed E-state index contributed by atoms with van der Waals surface area (Å²) in [5, 5.41) is 0. The Labute approximate surface area is 178 Å². The van der Waals surface area contributed by atoms with Crippen LogP contribution < -0.4 is 4.72 Å². The molecule has 0 fully saturated rings. The predicted molar refractivity (Wildman–Crippen MR) is 112 cm³/mol. The molecular formula is C22H19F2N3O3S. The normalized spacial score (nSPS) is 15.5. The average Bonchev–Trinajstić information content (AvgIpc) is 3.09. The maximum absolute atomic E-state index is 14.1. The minimum Gasteiger partial charge on any atom is -0.333 e. The van der Waals surface area contributed by atoms with Gasteiger partial charge >= 0.3 is 0 Å². The number of halogens is 2. The molecule has 1 aromatic heterocycles. The first-order chi connectivity index (χ1) is 14.7. The van der Waals surface area contributed by atoms with Gasteiger partial charge in [0, 0.05) is 13.2 Å². The number of imidazole rings is 1.